The van der Waals surface area contributed by atoms with Gasteiger partial charge in [0.05, 0.1) is 23.9 Å². The Hall–Kier alpha value is -1.92. The van der Waals surface area contributed by atoms with Gasteiger partial charge < -0.3 is 15.4 Å². The SMILES string of the molecule is CCNC(=NCc1sc(C)nc1C)NCCCCOCc1ccccc1. The van der Waals surface area contributed by atoms with Gasteiger partial charge in [-0.05, 0) is 39.2 Å². The highest BCUT2D eigenvalue weighted by atomic mass is 32.1. The van der Waals surface area contributed by atoms with Gasteiger partial charge in [0, 0.05) is 24.6 Å². The van der Waals surface area contributed by atoms with Gasteiger partial charge in [0.2, 0.25) is 0 Å². The summed E-state index contributed by atoms with van der Waals surface area (Å²) in [6, 6.07) is 10.3. The molecule has 142 valence electrons. The highest BCUT2D eigenvalue weighted by molar-refractivity contribution is 7.11. The van der Waals surface area contributed by atoms with Crippen molar-refractivity contribution in [2.45, 2.75) is 46.8 Å². The van der Waals surface area contributed by atoms with Crippen molar-refractivity contribution in [3.05, 3.63) is 51.5 Å². The van der Waals surface area contributed by atoms with Gasteiger partial charge in [-0.1, -0.05) is 30.3 Å². The van der Waals surface area contributed by atoms with Crippen molar-refractivity contribution >= 4 is 17.3 Å². The smallest absolute Gasteiger partial charge is 0.191 e. The number of unbranched alkanes of at least 4 members (excludes halogenated alkanes) is 1. The molecule has 1 heterocycles. The molecule has 0 atom stereocenters. The summed E-state index contributed by atoms with van der Waals surface area (Å²) in [5, 5.41) is 7.79. The Kier molecular flexibility index (Phi) is 9.14. The van der Waals surface area contributed by atoms with Crippen LogP contribution in [0.15, 0.2) is 35.3 Å². The summed E-state index contributed by atoms with van der Waals surface area (Å²) in [6.07, 6.45) is 2.09. The average Bonchev–Trinajstić information content (AvgIpc) is 2.97. The summed E-state index contributed by atoms with van der Waals surface area (Å²) in [5.41, 5.74) is 2.31. The van der Waals surface area contributed by atoms with Crippen LogP contribution < -0.4 is 10.6 Å². The molecule has 26 heavy (non-hydrogen) atoms. The van der Waals surface area contributed by atoms with Crippen LogP contribution in [0.1, 0.15) is 40.9 Å². The van der Waals surface area contributed by atoms with E-state index in [1.165, 1.54) is 10.4 Å². The standard InChI is InChI=1S/C20H30N4OS/c1-4-21-20(23-14-19-16(2)24-17(3)26-19)22-12-8-9-13-25-15-18-10-6-5-7-11-18/h5-7,10-11H,4,8-9,12-15H2,1-3H3,(H2,21,22,23). The minimum atomic E-state index is 0.673. The van der Waals surface area contributed by atoms with Gasteiger partial charge in [0.15, 0.2) is 5.96 Å². The van der Waals surface area contributed by atoms with Crippen LogP contribution in [-0.2, 0) is 17.9 Å². The van der Waals surface area contributed by atoms with Crippen molar-refractivity contribution in [2.75, 3.05) is 19.7 Å². The van der Waals surface area contributed by atoms with E-state index >= 15 is 0 Å². The van der Waals surface area contributed by atoms with E-state index in [0.29, 0.717) is 13.2 Å². The zero-order valence-corrected chi connectivity index (χ0v) is 16.9. The molecule has 2 aromatic rings. The Morgan fingerprint density at radius 2 is 1.96 bits per heavy atom. The van der Waals surface area contributed by atoms with Crippen molar-refractivity contribution < 1.29 is 4.74 Å². The summed E-state index contributed by atoms with van der Waals surface area (Å²) in [5.74, 6) is 0.864. The third kappa shape index (κ3) is 7.54. The lowest BCUT2D eigenvalue weighted by atomic mass is 10.2. The van der Waals surface area contributed by atoms with E-state index in [9.17, 15) is 0 Å². The van der Waals surface area contributed by atoms with E-state index in [1.807, 2.05) is 32.0 Å². The molecule has 6 heteroatoms. The van der Waals surface area contributed by atoms with Gasteiger partial charge in [-0.2, -0.15) is 0 Å². The number of hydrogen-bond donors (Lipinski definition) is 2. The molecular weight excluding hydrogens is 344 g/mol. The van der Waals surface area contributed by atoms with Crippen molar-refractivity contribution in [3.63, 3.8) is 0 Å². The molecule has 0 amide bonds. The van der Waals surface area contributed by atoms with Crippen LogP contribution in [0.3, 0.4) is 0 Å². The summed E-state index contributed by atoms with van der Waals surface area (Å²) in [6.45, 7) is 10.0. The minimum Gasteiger partial charge on any atom is -0.377 e. The zero-order chi connectivity index (χ0) is 18.6. The number of aliphatic imine (C=N–C) groups is 1. The Morgan fingerprint density at radius 3 is 2.65 bits per heavy atom. The molecule has 0 saturated carbocycles. The number of aryl methyl sites for hydroxylation is 2. The first-order chi connectivity index (χ1) is 12.7. The molecule has 2 rings (SSSR count). The van der Waals surface area contributed by atoms with E-state index in [2.05, 4.69) is 39.7 Å². The first kappa shape index (κ1) is 20.4. The van der Waals surface area contributed by atoms with Gasteiger partial charge in [0.25, 0.3) is 0 Å². The second-order valence-corrected chi connectivity index (χ2v) is 7.40. The second kappa shape index (κ2) is 11.6. The topological polar surface area (TPSA) is 58.5 Å². The minimum absolute atomic E-state index is 0.673. The van der Waals surface area contributed by atoms with Crippen LogP contribution in [0.2, 0.25) is 0 Å². The molecule has 0 aliphatic heterocycles. The maximum atomic E-state index is 5.72. The molecule has 0 bridgehead atoms. The van der Waals surface area contributed by atoms with Crippen LogP contribution in [0.5, 0.6) is 0 Å². The van der Waals surface area contributed by atoms with Crippen molar-refractivity contribution in [3.8, 4) is 0 Å². The van der Waals surface area contributed by atoms with Gasteiger partial charge in [-0.15, -0.1) is 11.3 Å². The summed E-state index contributed by atoms with van der Waals surface area (Å²) < 4.78 is 5.72. The quantitative estimate of drug-likeness (QED) is 0.377. The van der Waals surface area contributed by atoms with Crippen LogP contribution in [-0.4, -0.2) is 30.6 Å². The fraction of sp³-hybridized carbons (Fsp3) is 0.500. The van der Waals surface area contributed by atoms with Gasteiger partial charge in [-0.3, -0.25) is 0 Å². The molecule has 5 nitrogen and oxygen atoms in total. The molecule has 1 aromatic heterocycles. The number of ether oxygens (including phenoxy) is 1. The first-order valence-electron chi connectivity index (χ1n) is 9.25. The maximum absolute atomic E-state index is 5.72. The highest BCUT2D eigenvalue weighted by Crippen LogP contribution is 2.17. The third-order valence-electron chi connectivity index (χ3n) is 3.84. The predicted molar refractivity (Wildman–Crippen MR) is 110 cm³/mol. The molecule has 1 aromatic carbocycles. The van der Waals surface area contributed by atoms with E-state index in [4.69, 9.17) is 4.74 Å². The Labute approximate surface area is 160 Å². The molecule has 0 unspecified atom stereocenters. The molecular formula is C20H30N4OS. The Bertz CT molecular complexity index is 670. The lowest BCUT2D eigenvalue weighted by Gasteiger charge is -2.11. The molecule has 0 fully saturated rings. The third-order valence-corrected chi connectivity index (χ3v) is 4.90. The number of benzene rings is 1. The molecule has 0 aliphatic carbocycles. The second-order valence-electron chi connectivity index (χ2n) is 6.11. The lowest BCUT2D eigenvalue weighted by Crippen LogP contribution is -2.37. The molecule has 0 aliphatic rings. The number of aromatic nitrogens is 1. The fourth-order valence-electron chi connectivity index (χ4n) is 2.51. The van der Waals surface area contributed by atoms with Crippen LogP contribution in [0.4, 0.5) is 0 Å². The zero-order valence-electron chi connectivity index (χ0n) is 16.0. The monoisotopic (exact) mass is 374 g/mol. The number of thiazole rings is 1. The number of guanidine groups is 1. The first-order valence-corrected chi connectivity index (χ1v) is 10.1. The van der Waals surface area contributed by atoms with Gasteiger partial charge in [-0.25, -0.2) is 9.98 Å². The number of hydrogen-bond acceptors (Lipinski definition) is 4. The molecule has 0 spiro atoms. The van der Waals surface area contributed by atoms with E-state index in [-0.39, 0.29) is 0 Å². The Balaban J connectivity index is 1.63. The number of nitrogens with zero attached hydrogens (tertiary/aromatic N) is 2. The van der Waals surface area contributed by atoms with E-state index in [1.54, 1.807) is 11.3 Å². The van der Waals surface area contributed by atoms with Gasteiger partial charge >= 0.3 is 0 Å². The van der Waals surface area contributed by atoms with Gasteiger partial charge in [0.1, 0.15) is 0 Å². The van der Waals surface area contributed by atoms with Crippen molar-refractivity contribution in [2.24, 2.45) is 4.99 Å². The fourth-order valence-corrected chi connectivity index (χ4v) is 3.37. The maximum Gasteiger partial charge on any atom is 0.191 e. The Morgan fingerprint density at radius 1 is 1.15 bits per heavy atom. The normalized spacial score (nSPS) is 11.6. The van der Waals surface area contributed by atoms with Crippen LogP contribution in [0, 0.1) is 13.8 Å². The van der Waals surface area contributed by atoms with Crippen molar-refractivity contribution in [1.82, 2.24) is 15.6 Å². The molecule has 0 saturated heterocycles. The summed E-state index contributed by atoms with van der Waals surface area (Å²) in [4.78, 5) is 10.4. The average molecular weight is 375 g/mol. The van der Waals surface area contributed by atoms with Crippen LogP contribution in [0.25, 0.3) is 0 Å². The molecule has 2 N–H and O–H groups in total. The van der Waals surface area contributed by atoms with Crippen LogP contribution >= 0.6 is 11.3 Å². The summed E-state index contributed by atoms with van der Waals surface area (Å²) >= 11 is 1.72. The lowest BCUT2D eigenvalue weighted by molar-refractivity contribution is 0.117. The number of nitrogens with one attached hydrogen (secondary N) is 2. The summed E-state index contributed by atoms with van der Waals surface area (Å²) in [7, 11) is 0. The number of rotatable bonds is 10. The molecule has 0 radical (unpaired) electrons. The predicted octanol–water partition coefficient (Wildman–Crippen LogP) is 3.81. The van der Waals surface area contributed by atoms with E-state index < -0.39 is 0 Å². The van der Waals surface area contributed by atoms with Crippen molar-refractivity contribution in [1.29, 1.82) is 0 Å². The largest absolute Gasteiger partial charge is 0.377 e. The highest BCUT2D eigenvalue weighted by Gasteiger charge is 2.04. The van der Waals surface area contributed by atoms with E-state index in [0.717, 1.165) is 49.2 Å².